The molecule has 0 aliphatic heterocycles. The average Bonchev–Trinajstić information content (AvgIpc) is 2.86. The summed E-state index contributed by atoms with van der Waals surface area (Å²) in [4.78, 5) is 13.1. The third-order valence-corrected chi connectivity index (χ3v) is 4.73. The van der Waals surface area contributed by atoms with E-state index in [4.69, 9.17) is 0 Å². The van der Waals surface area contributed by atoms with Crippen molar-refractivity contribution in [3.63, 3.8) is 0 Å². The first-order chi connectivity index (χ1) is 10.0. The number of amides is 1. The number of hydrogen-bond acceptors (Lipinski definition) is 3. The minimum atomic E-state index is -0.393. The lowest BCUT2D eigenvalue weighted by atomic mass is 10.1. The molecule has 1 amide bonds. The van der Waals surface area contributed by atoms with Gasteiger partial charge in [0.1, 0.15) is 11.6 Å². The van der Waals surface area contributed by atoms with Gasteiger partial charge in [-0.1, -0.05) is 12.1 Å². The van der Waals surface area contributed by atoms with Crippen LogP contribution in [0.3, 0.4) is 0 Å². The zero-order chi connectivity index (χ0) is 15.4. The number of thiophene rings is 1. The van der Waals surface area contributed by atoms with E-state index in [0.717, 1.165) is 26.2 Å². The number of carbonyl (C=O) groups is 1. The second kappa shape index (κ2) is 6.70. The second-order valence-corrected chi connectivity index (χ2v) is 6.40. The normalized spacial score (nSPS) is 11.0. The molecule has 0 aliphatic carbocycles. The molecule has 0 unspecified atom stereocenters. The second-order valence-electron chi connectivity index (χ2n) is 4.54. The van der Waals surface area contributed by atoms with Gasteiger partial charge in [-0.2, -0.15) is 5.26 Å². The summed E-state index contributed by atoms with van der Waals surface area (Å²) in [6, 6.07) is 9.51. The number of hydrogen-bond donors (Lipinski definition) is 1. The lowest BCUT2D eigenvalue weighted by Crippen LogP contribution is -2.14. The van der Waals surface area contributed by atoms with Gasteiger partial charge in [-0.15, -0.1) is 11.3 Å². The summed E-state index contributed by atoms with van der Waals surface area (Å²) in [7, 11) is 0. The smallest absolute Gasteiger partial charge is 0.266 e. The van der Waals surface area contributed by atoms with Crippen LogP contribution in [-0.2, 0) is 4.79 Å². The van der Waals surface area contributed by atoms with Crippen molar-refractivity contribution in [3.05, 3.63) is 55.7 Å². The maximum absolute atomic E-state index is 12.2. The van der Waals surface area contributed by atoms with Crippen LogP contribution in [0, 0.1) is 25.2 Å². The molecule has 21 heavy (non-hydrogen) atoms. The zero-order valence-electron chi connectivity index (χ0n) is 11.6. The first kappa shape index (κ1) is 15.5. The highest BCUT2D eigenvalue weighted by Gasteiger charge is 2.11. The molecule has 1 aromatic heterocycles. The average molecular weight is 361 g/mol. The van der Waals surface area contributed by atoms with E-state index in [-0.39, 0.29) is 5.57 Å². The molecule has 0 bridgehead atoms. The SMILES string of the molecule is Cc1cccc(NC(=O)/C(C#N)=C/c2cc(Br)cs2)c1C. The Morgan fingerprint density at radius 1 is 1.43 bits per heavy atom. The van der Waals surface area contributed by atoms with Crippen molar-refractivity contribution in [3.8, 4) is 6.07 Å². The summed E-state index contributed by atoms with van der Waals surface area (Å²) in [5, 5.41) is 13.9. The van der Waals surface area contributed by atoms with Crippen molar-refractivity contribution in [1.29, 1.82) is 5.26 Å². The Labute approximate surface area is 136 Å². The van der Waals surface area contributed by atoms with Crippen LogP contribution in [0.5, 0.6) is 0 Å². The van der Waals surface area contributed by atoms with E-state index >= 15 is 0 Å². The molecular weight excluding hydrogens is 348 g/mol. The fourth-order valence-corrected chi connectivity index (χ4v) is 3.15. The van der Waals surface area contributed by atoms with Crippen molar-refractivity contribution < 1.29 is 4.79 Å². The van der Waals surface area contributed by atoms with Gasteiger partial charge in [0.2, 0.25) is 0 Å². The molecule has 106 valence electrons. The number of nitrogens with zero attached hydrogens (tertiary/aromatic N) is 1. The largest absolute Gasteiger partial charge is 0.321 e. The Kier molecular flexibility index (Phi) is 4.94. The van der Waals surface area contributed by atoms with Gasteiger partial charge in [-0.05, 0) is 59.1 Å². The van der Waals surface area contributed by atoms with Crippen LogP contribution in [0.25, 0.3) is 6.08 Å². The molecule has 1 aromatic carbocycles. The third-order valence-electron chi connectivity index (χ3n) is 3.09. The zero-order valence-corrected chi connectivity index (χ0v) is 14.0. The first-order valence-corrected chi connectivity index (χ1v) is 7.92. The molecule has 0 radical (unpaired) electrons. The Hall–Kier alpha value is -1.90. The van der Waals surface area contributed by atoms with E-state index in [9.17, 15) is 10.1 Å². The Bertz CT molecular complexity index is 756. The molecule has 0 aliphatic rings. The van der Waals surface area contributed by atoms with E-state index in [0.29, 0.717) is 0 Å². The van der Waals surface area contributed by atoms with Gasteiger partial charge in [-0.3, -0.25) is 4.79 Å². The fourth-order valence-electron chi connectivity index (χ4n) is 1.77. The Morgan fingerprint density at radius 2 is 2.19 bits per heavy atom. The molecule has 2 aromatic rings. The van der Waals surface area contributed by atoms with Crippen LogP contribution in [0.4, 0.5) is 5.69 Å². The first-order valence-electron chi connectivity index (χ1n) is 6.24. The highest BCUT2D eigenvalue weighted by Crippen LogP contribution is 2.23. The van der Waals surface area contributed by atoms with Crippen LogP contribution < -0.4 is 5.32 Å². The van der Waals surface area contributed by atoms with Gasteiger partial charge in [0.15, 0.2) is 0 Å². The molecule has 1 N–H and O–H groups in total. The van der Waals surface area contributed by atoms with Gasteiger partial charge in [-0.25, -0.2) is 0 Å². The maximum Gasteiger partial charge on any atom is 0.266 e. The quantitative estimate of drug-likeness (QED) is 0.638. The van der Waals surface area contributed by atoms with Crippen molar-refractivity contribution in [1.82, 2.24) is 0 Å². The number of carbonyl (C=O) groups excluding carboxylic acids is 1. The number of nitrogens with one attached hydrogen (secondary N) is 1. The number of benzene rings is 1. The van der Waals surface area contributed by atoms with Crippen LogP contribution >= 0.6 is 27.3 Å². The van der Waals surface area contributed by atoms with Crippen LogP contribution in [0.1, 0.15) is 16.0 Å². The predicted molar refractivity (Wildman–Crippen MR) is 90.2 cm³/mol. The molecule has 1 heterocycles. The molecule has 0 fully saturated rings. The van der Waals surface area contributed by atoms with Gasteiger partial charge in [0, 0.05) is 20.4 Å². The van der Waals surface area contributed by atoms with Gasteiger partial charge in [0.05, 0.1) is 0 Å². The van der Waals surface area contributed by atoms with Gasteiger partial charge >= 0.3 is 0 Å². The molecule has 0 atom stereocenters. The summed E-state index contributed by atoms with van der Waals surface area (Å²) in [6.45, 7) is 3.92. The molecular formula is C16H13BrN2OS. The van der Waals surface area contributed by atoms with Crippen molar-refractivity contribution in [2.75, 3.05) is 5.32 Å². The summed E-state index contributed by atoms with van der Waals surface area (Å²) in [5.74, 6) is -0.393. The minimum absolute atomic E-state index is 0.0882. The maximum atomic E-state index is 12.2. The van der Waals surface area contributed by atoms with Crippen LogP contribution in [0.15, 0.2) is 39.7 Å². The van der Waals surface area contributed by atoms with E-state index in [1.165, 1.54) is 11.3 Å². The van der Waals surface area contributed by atoms with E-state index < -0.39 is 5.91 Å². The molecule has 0 saturated heterocycles. The number of halogens is 1. The number of rotatable bonds is 3. The Morgan fingerprint density at radius 3 is 2.81 bits per heavy atom. The number of anilines is 1. The highest BCUT2D eigenvalue weighted by atomic mass is 79.9. The summed E-state index contributed by atoms with van der Waals surface area (Å²) in [6.07, 6.45) is 1.59. The number of aryl methyl sites for hydroxylation is 1. The monoisotopic (exact) mass is 360 g/mol. The van der Waals surface area contributed by atoms with Gasteiger partial charge in [0.25, 0.3) is 5.91 Å². The molecule has 3 nitrogen and oxygen atoms in total. The summed E-state index contributed by atoms with van der Waals surface area (Å²) >= 11 is 4.82. The molecule has 0 saturated carbocycles. The van der Waals surface area contributed by atoms with Crippen molar-refractivity contribution in [2.24, 2.45) is 0 Å². The van der Waals surface area contributed by atoms with E-state index in [1.54, 1.807) is 6.08 Å². The minimum Gasteiger partial charge on any atom is -0.321 e. The Balaban J connectivity index is 2.24. The van der Waals surface area contributed by atoms with Crippen molar-refractivity contribution >= 4 is 44.9 Å². The summed E-state index contributed by atoms with van der Waals surface area (Å²) < 4.78 is 0.936. The lowest BCUT2D eigenvalue weighted by Gasteiger charge is -2.09. The standard InChI is InChI=1S/C16H13BrN2OS/c1-10-4-3-5-15(11(10)2)19-16(20)12(8-18)6-14-7-13(17)9-21-14/h3-7,9H,1-2H3,(H,19,20)/b12-6+. The van der Waals surface area contributed by atoms with Crippen molar-refractivity contribution in [2.45, 2.75) is 13.8 Å². The number of nitriles is 1. The predicted octanol–water partition coefficient (Wildman–Crippen LogP) is 4.67. The van der Waals surface area contributed by atoms with Gasteiger partial charge < -0.3 is 5.32 Å². The highest BCUT2D eigenvalue weighted by molar-refractivity contribution is 9.10. The third kappa shape index (κ3) is 3.81. The van der Waals surface area contributed by atoms with E-state index in [2.05, 4.69) is 21.2 Å². The van der Waals surface area contributed by atoms with E-state index in [1.807, 2.05) is 49.6 Å². The lowest BCUT2D eigenvalue weighted by molar-refractivity contribution is -0.112. The molecule has 0 spiro atoms. The van der Waals surface area contributed by atoms with Crippen LogP contribution in [-0.4, -0.2) is 5.91 Å². The fraction of sp³-hybridized carbons (Fsp3) is 0.125. The molecule has 5 heteroatoms. The molecule has 2 rings (SSSR count). The van der Waals surface area contributed by atoms with Crippen LogP contribution in [0.2, 0.25) is 0 Å². The summed E-state index contributed by atoms with van der Waals surface area (Å²) in [5.41, 5.74) is 2.92. The topological polar surface area (TPSA) is 52.9 Å².